The Labute approximate surface area is 72.7 Å². The van der Waals surface area contributed by atoms with Crippen molar-refractivity contribution in [1.82, 2.24) is 0 Å². The van der Waals surface area contributed by atoms with Gasteiger partial charge in [-0.3, -0.25) is 0 Å². The van der Waals surface area contributed by atoms with Crippen LogP contribution in [0.4, 0.5) is 0 Å². The first-order valence-corrected chi connectivity index (χ1v) is 3.87. The molecular formula is C11H10O. The first kappa shape index (κ1) is 6.21. The third-order valence-electron chi connectivity index (χ3n) is 1.96. The van der Waals surface area contributed by atoms with Gasteiger partial charge in [0.15, 0.2) is 0 Å². The van der Waals surface area contributed by atoms with Gasteiger partial charge in [-0.15, -0.1) is 0 Å². The first-order chi connectivity index (χ1) is 6.29. The zero-order valence-electron chi connectivity index (χ0n) is 7.57. The largest absolute Gasteiger partial charge is 0.392 e. The molecular weight excluding hydrogens is 148 g/mol. The topological polar surface area (TPSA) is 20.2 Å². The number of aliphatic hydroxyl groups excluding tert-OH is 1. The highest BCUT2D eigenvalue weighted by Gasteiger charge is 1.96. The second kappa shape index (κ2) is 2.95. The number of fused-ring (bicyclic) bond motifs is 1. The standard InChI is InChI=1S/C11H10O/c12-8-10-6-3-5-9-4-1-2-7-11(9)10/h1-7,12H,8H2/i8T. The Kier molecular flexibility index (Phi) is 1.53. The molecule has 2 aromatic carbocycles. The van der Waals surface area contributed by atoms with Crippen molar-refractivity contribution in [2.75, 3.05) is 0 Å². The van der Waals surface area contributed by atoms with E-state index < -0.39 is 6.58 Å². The summed E-state index contributed by atoms with van der Waals surface area (Å²) in [4.78, 5) is 0. The van der Waals surface area contributed by atoms with Gasteiger partial charge in [-0.25, -0.2) is 0 Å². The molecule has 0 fully saturated rings. The summed E-state index contributed by atoms with van der Waals surface area (Å²) in [7, 11) is 0. The lowest BCUT2D eigenvalue weighted by Crippen LogP contribution is -1.84. The van der Waals surface area contributed by atoms with Gasteiger partial charge in [-0.2, -0.15) is 0 Å². The second-order valence-electron chi connectivity index (χ2n) is 2.70. The fourth-order valence-electron chi connectivity index (χ4n) is 1.36. The average Bonchev–Trinajstić information content (AvgIpc) is 2.17. The molecule has 0 saturated heterocycles. The monoisotopic (exact) mass is 160 g/mol. The maximum Gasteiger partial charge on any atom is 0.0687 e. The van der Waals surface area contributed by atoms with Crippen molar-refractivity contribution in [2.24, 2.45) is 0 Å². The van der Waals surface area contributed by atoms with Crippen molar-refractivity contribution in [3.63, 3.8) is 0 Å². The van der Waals surface area contributed by atoms with Gasteiger partial charge in [0.05, 0.1) is 7.95 Å². The minimum absolute atomic E-state index is 0.665. The van der Waals surface area contributed by atoms with E-state index >= 15 is 0 Å². The number of rotatable bonds is 1. The molecule has 2 aromatic rings. The first-order valence-electron chi connectivity index (χ1n) is 4.45. The van der Waals surface area contributed by atoms with Gasteiger partial charge in [0.25, 0.3) is 0 Å². The average molecular weight is 160 g/mol. The van der Waals surface area contributed by atoms with Gasteiger partial charge in [0.2, 0.25) is 0 Å². The Morgan fingerprint density at radius 3 is 2.67 bits per heavy atom. The summed E-state index contributed by atoms with van der Waals surface area (Å²) in [6, 6.07) is 13.4. The summed E-state index contributed by atoms with van der Waals surface area (Å²) in [5.74, 6) is 0. The fourth-order valence-corrected chi connectivity index (χ4v) is 1.36. The lowest BCUT2D eigenvalue weighted by Gasteiger charge is -2.01. The smallest absolute Gasteiger partial charge is 0.0687 e. The van der Waals surface area contributed by atoms with Crippen LogP contribution in [0.2, 0.25) is 0 Å². The quantitative estimate of drug-likeness (QED) is 0.678. The van der Waals surface area contributed by atoms with Crippen LogP contribution in [0, 0.1) is 0 Å². The highest BCUT2D eigenvalue weighted by molar-refractivity contribution is 5.85. The summed E-state index contributed by atoms with van der Waals surface area (Å²) >= 11 is 0. The van der Waals surface area contributed by atoms with Gasteiger partial charge < -0.3 is 5.11 Å². The molecule has 60 valence electrons. The molecule has 0 amide bonds. The van der Waals surface area contributed by atoms with Crippen molar-refractivity contribution in [3.8, 4) is 0 Å². The number of hydrogen-bond donors (Lipinski definition) is 1. The third kappa shape index (κ3) is 1.08. The van der Waals surface area contributed by atoms with Crippen LogP contribution in [-0.4, -0.2) is 5.11 Å². The van der Waals surface area contributed by atoms with Crippen LogP contribution in [0.15, 0.2) is 42.5 Å². The van der Waals surface area contributed by atoms with Gasteiger partial charge in [0.1, 0.15) is 0 Å². The molecule has 0 heterocycles. The number of benzene rings is 2. The molecule has 0 aliphatic rings. The molecule has 0 spiro atoms. The summed E-state index contributed by atoms with van der Waals surface area (Å²) in [6.45, 7) is -1.15. The lowest BCUT2D eigenvalue weighted by molar-refractivity contribution is 0.283. The zero-order valence-corrected chi connectivity index (χ0v) is 6.57. The normalized spacial score (nSPS) is 14.2. The highest BCUT2D eigenvalue weighted by Crippen LogP contribution is 2.17. The molecule has 0 bridgehead atoms. The van der Waals surface area contributed by atoms with E-state index in [-0.39, 0.29) is 0 Å². The van der Waals surface area contributed by atoms with Gasteiger partial charge in [0, 0.05) is 0 Å². The lowest BCUT2D eigenvalue weighted by atomic mass is 10.1. The number of hydrogen-bond acceptors (Lipinski definition) is 1. The Bertz CT molecular complexity index is 418. The van der Waals surface area contributed by atoms with E-state index in [0.29, 0.717) is 5.56 Å². The molecule has 0 aromatic heterocycles. The molecule has 1 unspecified atom stereocenters. The molecule has 0 saturated carbocycles. The van der Waals surface area contributed by atoms with E-state index in [2.05, 4.69) is 0 Å². The van der Waals surface area contributed by atoms with Crippen LogP contribution < -0.4 is 0 Å². The molecule has 1 nitrogen and oxygen atoms in total. The second-order valence-corrected chi connectivity index (χ2v) is 2.70. The zero-order chi connectivity index (χ0) is 9.26. The van der Waals surface area contributed by atoms with E-state index in [1.54, 1.807) is 6.07 Å². The highest BCUT2D eigenvalue weighted by atomic mass is 16.3. The van der Waals surface area contributed by atoms with Crippen molar-refractivity contribution in [3.05, 3.63) is 48.0 Å². The Balaban J connectivity index is 2.76. The summed E-state index contributed by atoms with van der Waals surface area (Å²) < 4.78 is 7.26. The van der Waals surface area contributed by atoms with E-state index in [1.165, 1.54) is 0 Å². The Morgan fingerprint density at radius 1 is 1.08 bits per heavy atom. The van der Waals surface area contributed by atoms with Gasteiger partial charge >= 0.3 is 0 Å². The number of aliphatic hydroxyl groups is 1. The third-order valence-corrected chi connectivity index (χ3v) is 1.96. The summed E-state index contributed by atoms with van der Waals surface area (Å²) in [5, 5.41) is 11.2. The molecule has 1 heteroatoms. The van der Waals surface area contributed by atoms with E-state index in [1.807, 2.05) is 36.4 Å². The summed E-state index contributed by atoms with van der Waals surface area (Å²) in [6.07, 6.45) is 0. The van der Waals surface area contributed by atoms with Crippen LogP contribution in [0.3, 0.4) is 0 Å². The molecule has 1 N–H and O–H groups in total. The van der Waals surface area contributed by atoms with E-state index in [9.17, 15) is 5.11 Å². The van der Waals surface area contributed by atoms with Crippen molar-refractivity contribution in [1.29, 1.82) is 0 Å². The fraction of sp³-hybridized carbons (Fsp3) is 0.0909. The van der Waals surface area contributed by atoms with Crippen molar-refractivity contribution >= 4 is 10.8 Å². The maximum absolute atomic E-state index is 9.19. The van der Waals surface area contributed by atoms with Crippen LogP contribution in [0.25, 0.3) is 10.8 Å². The Hall–Kier alpha value is -1.34. The molecule has 1 atom stereocenters. The minimum Gasteiger partial charge on any atom is -0.392 e. The van der Waals surface area contributed by atoms with Crippen LogP contribution in [0.1, 0.15) is 6.93 Å². The molecule has 12 heavy (non-hydrogen) atoms. The van der Waals surface area contributed by atoms with Gasteiger partial charge in [-0.1, -0.05) is 42.5 Å². The van der Waals surface area contributed by atoms with E-state index in [0.717, 1.165) is 10.8 Å². The molecule has 0 aliphatic carbocycles. The Morgan fingerprint density at radius 2 is 1.83 bits per heavy atom. The predicted octanol–water partition coefficient (Wildman–Crippen LogP) is 2.33. The molecule has 0 radical (unpaired) electrons. The molecule has 0 aliphatic heterocycles. The SMILES string of the molecule is [3H]C(O)c1cccc2ccccc12. The summed E-state index contributed by atoms with van der Waals surface area (Å²) in [5.41, 5.74) is 0.665. The van der Waals surface area contributed by atoms with Crippen LogP contribution in [-0.2, 0) is 6.58 Å². The molecule has 2 rings (SSSR count). The van der Waals surface area contributed by atoms with Crippen molar-refractivity contribution in [2.45, 2.75) is 6.58 Å². The van der Waals surface area contributed by atoms with Crippen LogP contribution >= 0.6 is 0 Å². The van der Waals surface area contributed by atoms with Gasteiger partial charge in [-0.05, 0) is 16.3 Å². The van der Waals surface area contributed by atoms with Crippen molar-refractivity contribution < 1.29 is 6.48 Å². The predicted molar refractivity (Wildman–Crippen MR) is 49.9 cm³/mol. The van der Waals surface area contributed by atoms with Crippen LogP contribution in [0.5, 0.6) is 0 Å². The van der Waals surface area contributed by atoms with E-state index in [4.69, 9.17) is 1.37 Å². The maximum atomic E-state index is 9.19. The minimum atomic E-state index is -1.15.